The molecule has 0 bridgehead atoms. The Bertz CT molecular complexity index is 683. The Kier molecular flexibility index (Phi) is 5.60. The molecular formula is C18H23N3O2S. The van der Waals surface area contributed by atoms with Crippen LogP contribution in [0.25, 0.3) is 0 Å². The molecule has 0 spiro atoms. The lowest BCUT2D eigenvalue weighted by molar-refractivity contribution is -0.118. The van der Waals surface area contributed by atoms with E-state index >= 15 is 0 Å². The van der Waals surface area contributed by atoms with Gasteiger partial charge in [-0.25, -0.2) is 4.98 Å². The van der Waals surface area contributed by atoms with Crippen LogP contribution in [0.5, 0.6) is 0 Å². The van der Waals surface area contributed by atoms with E-state index in [0.29, 0.717) is 17.6 Å². The fraction of sp³-hybridized carbons (Fsp3) is 0.444. The molecule has 0 fully saturated rings. The van der Waals surface area contributed by atoms with Gasteiger partial charge in [-0.3, -0.25) is 4.79 Å². The van der Waals surface area contributed by atoms with Crippen LogP contribution >= 0.6 is 11.3 Å². The van der Waals surface area contributed by atoms with E-state index in [9.17, 15) is 4.79 Å². The number of carbonyl (C=O) groups is 1. The lowest BCUT2D eigenvalue weighted by atomic mass is 9.85. The minimum absolute atomic E-state index is 0.0991. The molecule has 3 rings (SSSR count). The number of aromatic nitrogens is 1. The number of rotatable bonds is 6. The fourth-order valence-electron chi connectivity index (χ4n) is 3.08. The molecule has 5 nitrogen and oxygen atoms in total. The highest BCUT2D eigenvalue weighted by atomic mass is 32.1. The zero-order valence-corrected chi connectivity index (χ0v) is 14.6. The highest BCUT2D eigenvalue weighted by Gasteiger charge is 2.24. The van der Waals surface area contributed by atoms with Gasteiger partial charge in [0.2, 0.25) is 5.91 Å². The third-order valence-electron chi connectivity index (χ3n) is 4.47. The first kappa shape index (κ1) is 17.1. The van der Waals surface area contributed by atoms with Gasteiger partial charge in [0.1, 0.15) is 0 Å². The Hall–Kier alpha value is -1.76. The molecule has 0 saturated heterocycles. The molecule has 2 aromatic rings. The molecule has 1 heterocycles. The number of hydrogen-bond acceptors (Lipinski definition) is 5. The van der Waals surface area contributed by atoms with E-state index in [-0.39, 0.29) is 18.4 Å². The maximum absolute atomic E-state index is 12.1. The fourth-order valence-corrected chi connectivity index (χ4v) is 4.18. The lowest BCUT2D eigenvalue weighted by Crippen LogP contribution is -2.28. The van der Waals surface area contributed by atoms with Gasteiger partial charge in [0.25, 0.3) is 0 Å². The van der Waals surface area contributed by atoms with Gasteiger partial charge in [-0.1, -0.05) is 30.3 Å². The third kappa shape index (κ3) is 4.01. The Morgan fingerprint density at radius 2 is 2.25 bits per heavy atom. The molecule has 6 heteroatoms. The first-order chi connectivity index (χ1) is 11.7. The van der Waals surface area contributed by atoms with Crippen molar-refractivity contribution >= 4 is 22.4 Å². The molecule has 1 aromatic carbocycles. The summed E-state index contributed by atoms with van der Waals surface area (Å²) in [4.78, 5) is 17.9. The van der Waals surface area contributed by atoms with Crippen LogP contribution in [-0.2, 0) is 22.4 Å². The van der Waals surface area contributed by atoms with E-state index < -0.39 is 0 Å². The van der Waals surface area contributed by atoms with Gasteiger partial charge >= 0.3 is 0 Å². The number of carbonyl (C=O) groups excluding carboxylic acids is 1. The Balaban J connectivity index is 1.64. The van der Waals surface area contributed by atoms with Crippen LogP contribution in [0.15, 0.2) is 30.3 Å². The van der Waals surface area contributed by atoms with Crippen molar-refractivity contribution in [1.29, 1.82) is 0 Å². The summed E-state index contributed by atoms with van der Waals surface area (Å²) in [5, 5.41) is 3.57. The second kappa shape index (κ2) is 7.88. The van der Waals surface area contributed by atoms with Crippen molar-refractivity contribution in [2.24, 2.45) is 5.73 Å². The monoisotopic (exact) mass is 345 g/mol. The highest BCUT2D eigenvalue weighted by Crippen LogP contribution is 2.36. The number of fused-ring (bicyclic) bond motifs is 1. The summed E-state index contributed by atoms with van der Waals surface area (Å²) in [6.45, 7) is 0.330. The van der Waals surface area contributed by atoms with Crippen molar-refractivity contribution in [3.8, 4) is 0 Å². The van der Waals surface area contributed by atoms with Crippen LogP contribution in [0.1, 0.15) is 34.9 Å². The Morgan fingerprint density at radius 3 is 2.96 bits per heavy atom. The van der Waals surface area contributed by atoms with Crippen LogP contribution in [0.2, 0.25) is 0 Å². The number of nitrogens with two attached hydrogens (primary N) is 1. The summed E-state index contributed by atoms with van der Waals surface area (Å²) in [6, 6.07) is 10.6. The molecule has 0 saturated carbocycles. The number of amides is 1. The van der Waals surface area contributed by atoms with Gasteiger partial charge in [0, 0.05) is 18.5 Å². The largest absolute Gasteiger partial charge is 0.380 e. The number of nitrogens with zero attached hydrogens (tertiary/aromatic N) is 1. The number of nitrogens with one attached hydrogen (secondary N) is 1. The maximum Gasteiger partial charge on any atom is 0.228 e. The number of thiazole rings is 1. The SMILES string of the molecule is COC(CN)CC(=O)Nc1nc2c(s1)CC(c1ccccc1)CC2. The van der Waals surface area contributed by atoms with Crippen molar-refractivity contribution in [2.75, 3.05) is 19.0 Å². The normalized spacial score (nSPS) is 18.0. The summed E-state index contributed by atoms with van der Waals surface area (Å²) in [6.07, 6.45) is 3.07. The average molecular weight is 345 g/mol. The van der Waals surface area contributed by atoms with E-state index in [1.54, 1.807) is 18.4 Å². The van der Waals surface area contributed by atoms with Crippen molar-refractivity contribution in [1.82, 2.24) is 4.98 Å². The van der Waals surface area contributed by atoms with Crippen LogP contribution in [0.3, 0.4) is 0 Å². The first-order valence-corrected chi connectivity index (χ1v) is 9.07. The number of ether oxygens (including phenoxy) is 1. The highest BCUT2D eigenvalue weighted by molar-refractivity contribution is 7.15. The third-order valence-corrected chi connectivity index (χ3v) is 5.50. The topological polar surface area (TPSA) is 77.2 Å². The minimum Gasteiger partial charge on any atom is -0.380 e. The molecule has 3 N–H and O–H groups in total. The van der Waals surface area contributed by atoms with Gasteiger partial charge in [0.15, 0.2) is 5.13 Å². The molecule has 1 aliphatic carbocycles. The maximum atomic E-state index is 12.1. The molecule has 0 aliphatic heterocycles. The van der Waals surface area contributed by atoms with Crippen LogP contribution in [0.4, 0.5) is 5.13 Å². The number of methoxy groups -OCH3 is 1. The molecule has 1 amide bonds. The van der Waals surface area contributed by atoms with E-state index in [1.807, 2.05) is 6.07 Å². The van der Waals surface area contributed by atoms with Crippen molar-refractivity contribution in [3.63, 3.8) is 0 Å². The molecule has 128 valence electrons. The molecular weight excluding hydrogens is 322 g/mol. The number of anilines is 1. The van der Waals surface area contributed by atoms with E-state index in [1.165, 1.54) is 10.4 Å². The van der Waals surface area contributed by atoms with Gasteiger partial charge < -0.3 is 15.8 Å². The summed E-state index contributed by atoms with van der Waals surface area (Å²) in [5.74, 6) is 0.441. The summed E-state index contributed by atoms with van der Waals surface area (Å²) in [5.41, 5.74) is 8.07. The molecule has 1 aromatic heterocycles. The molecule has 24 heavy (non-hydrogen) atoms. The number of aryl methyl sites for hydroxylation is 1. The number of benzene rings is 1. The van der Waals surface area contributed by atoms with Crippen molar-refractivity contribution < 1.29 is 9.53 Å². The summed E-state index contributed by atoms with van der Waals surface area (Å²) < 4.78 is 5.15. The van der Waals surface area contributed by atoms with Crippen LogP contribution in [0, 0.1) is 0 Å². The van der Waals surface area contributed by atoms with Gasteiger partial charge in [-0.15, -0.1) is 11.3 Å². The molecule has 2 unspecified atom stereocenters. The van der Waals surface area contributed by atoms with E-state index in [0.717, 1.165) is 25.0 Å². The minimum atomic E-state index is -0.248. The van der Waals surface area contributed by atoms with E-state index in [2.05, 4.69) is 34.6 Å². The molecule has 1 aliphatic rings. The second-order valence-electron chi connectivity index (χ2n) is 6.09. The summed E-state index contributed by atoms with van der Waals surface area (Å²) in [7, 11) is 1.57. The Labute approximate surface area is 146 Å². The smallest absolute Gasteiger partial charge is 0.228 e. The second-order valence-corrected chi connectivity index (χ2v) is 7.17. The predicted molar refractivity (Wildman–Crippen MR) is 96.4 cm³/mol. The van der Waals surface area contributed by atoms with Gasteiger partial charge in [0.05, 0.1) is 18.2 Å². The molecule has 0 radical (unpaired) electrons. The van der Waals surface area contributed by atoms with E-state index in [4.69, 9.17) is 10.5 Å². The molecule has 2 atom stereocenters. The zero-order chi connectivity index (χ0) is 16.9. The Morgan fingerprint density at radius 1 is 1.46 bits per heavy atom. The van der Waals surface area contributed by atoms with Gasteiger partial charge in [-0.2, -0.15) is 0 Å². The first-order valence-electron chi connectivity index (χ1n) is 8.25. The van der Waals surface area contributed by atoms with Crippen molar-refractivity contribution in [3.05, 3.63) is 46.5 Å². The van der Waals surface area contributed by atoms with Crippen molar-refractivity contribution in [2.45, 2.75) is 37.7 Å². The van der Waals surface area contributed by atoms with Gasteiger partial charge in [-0.05, 0) is 30.7 Å². The standard InChI is InChI=1S/C18H23N3O2S/c1-23-14(11-19)10-17(22)21-18-20-15-8-7-13(9-16(15)24-18)12-5-3-2-4-6-12/h2-6,13-14H,7-11,19H2,1H3,(H,20,21,22). The lowest BCUT2D eigenvalue weighted by Gasteiger charge is -2.21. The van der Waals surface area contributed by atoms with Crippen LogP contribution < -0.4 is 11.1 Å². The summed E-state index contributed by atoms with van der Waals surface area (Å²) >= 11 is 1.59. The quantitative estimate of drug-likeness (QED) is 0.844. The average Bonchev–Trinajstić information content (AvgIpc) is 3.01. The number of hydrogen-bond donors (Lipinski definition) is 2. The predicted octanol–water partition coefficient (Wildman–Crippen LogP) is 2.72. The van der Waals surface area contributed by atoms with Crippen LogP contribution in [-0.4, -0.2) is 30.6 Å². The zero-order valence-electron chi connectivity index (χ0n) is 13.8.